The minimum Gasteiger partial charge on any atom is -0.340 e. The van der Waals surface area contributed by atoms with Crippen LogP contribution >= 0.6 is 0 Å². The van der Waals surface area contributed by atoms with Crippen LogP contribution in [0.3, 0.4) is 0 Å². The molecule has 0 aromatic heterocycles. The van der Waals surface area contributed by atoms with Gasteiger partial charge in [-0.05, 0) is 26.2 Å². The molecule has 0 aliphatic carbocycles. The maximum Gasteiger partial charge on any atom is 0.112 e. The van der Waals surface area contributed by atoms with Crippen molar-refractivity contribution in [3.8, 4) is 0 Å². The van der Waals surface area contributed by atoms with Gasteiger partial charge in [0.2, 0.25) is 0 Å². The van der Waals surface area contributed by atoms with Gasteiger partial charge in [-0.3, -0.25) is 0 Å². The van der Waals surface area contributed by atoms with E-state index < -0.39 is 0 Å². The van der Waals surface area contributed by atoms with Crippen LogP contribution in [-0.4, -0.2) is 6.54 Å². The molecule has 1 atom stereocenters. The Morgan fingerprint density at radius 3 is 2.64 bits per heavy atom. The van der Waals surface area contributed by atoms with Gasteiger partial charge in [0.1, 0.15) is 6.04 Å². The van der Waals surface area contributed by atoms with Gasteiger partial charge < -0.3 is 5.32 Å². The van der Waals surface area contributed by atoms with Crippen molar-refractivity contribution in [1.82, 2.24) is 0 Å². The van der Waals surface area contributed by atoms with Gasteiger partial charge in [-0.15, -0.1) is 0 Å². The number of hydrogen-bond donors (Lipinski definition) is 1. The Balaban J connectivity index is 2.08. The number of quaternary nitrogens is 1. The van der Waals surface area contributed by atoms with Gasteiger partial charge in [0.15, 0.2) is 0 Å². The summed E-state index contributed by atoms with van der Waals surface area (Å²) in [6, 6.07) is 9.77. The molecule has 2 N–H and O–H groups in total. The van der Waals surface area contributed by atoms with Gasteiger partial charge in [-0.1, -0.05) is 29.8 Å². The van der Waals surface area contributed by atoms with Crippen LogP contribution in [0.1, 0.15) is 42.9 Å². The number of hydrogen-bond acceptors (Lipinski definition) is 0. The monoisotopic (exact) mass is 190 g/mol. The molecule has 14 heavy (non-hydrogen) atoms. The summed E-state index contributed by atoms with van der Waals surface area (Å²) in [5, 5.41) is 2.51. The molecule has 0 amide bonds. The van der Waals surface area contributed by atoms with E-state index in [4.69, 9.17) is 0 Å². The van der Waals surface area contributed by atoms with Gasteiger partial charge in [0, 0.05) is 12.0 Å². The normalized spacial score (nSPS) is 23.1. The third-order valence-electron chi connectivity index (χ3n) is 3.18. The predicted molar refractivity (Wildman–Crippen MR) is 59.2 cm³/mol. The molecule has 2 rings (SSSR count). The van der Waals surface area contributed by atoms with Crippen molar-refractivity contribution in [3.05, 3.63) is 35.4 Å². The molecule has 1 fully saturated rings. The highest BCUT2D eigenvalue weighted by Crippen LogP contribution is 2.18. The van der Waals surface area contributed by atoms with Crippen LogP contribution in [0.4, 0.5) is 0 Å². The van der Waals surface area contributed by atoms with E-state index in [1.807, 2.05) is 0 Å². The highest BCUT2D eigenvalue weighted by atomic mass is 14.9. The van der Waals surface area contributed by atoms with Crippen molar-refractivity contribution in [3.63, 3.8) is 0 Å². The van der Waals surface area contributed by atoms with Crippen molar-refractivity contribution in [2.75, 3.05) is 6.54 Å². The third kappa shape index (κ3) is 2.36. The lowest BCUT2D eigenvalue weighted by Crippen LogP contribution is -2.84. The van der Waals surface area contributed by atoms with E-state index >= 15 is 0 Å². The highest BCUT2D eigenvalue weighted by molar-refractivity contribution is 5.22. The van der Waals surface area contributed by atoms with E-state index in [9.17, 15) is 0 Å². The van der Waals surface area contributed by atoms with Crippen LogP contribution in [0.2, 0.25) is 0 Å². The average molecular weight is 190 g/mol. The standard InChI is InChI=1S/C13H19N/c1-11-6-8-12(9-7-11)13-5-3-2-4-10-14-13/h6-9,13-14H,2-5,10H2,1H3/p+1/t13-/m0/s1. The third-order valence-corrected chi connectivity index (χ3v) is 3.18. The Hall–Kier alpha value is -0.820. The Bertz CT molecular complexity index is 268. The number of nitrogens with two attached hydrogens (primary N) is 1. The minimum absolute atomic E-state index is 0.720. The number of aryl methyl sites for hydroxylation is 1. The number of rotatable bonds is 1. The molecule has 1 heteroatoms. The molecule has 0 radical (unpaired) electrons. The zero-order valence-corrected chi connectivity index (χ0v) is 9.00. The largest absolute Gasteiger partial charge is 0.340 e. The minimum atomic E-state index is 0.720. The quantitative estimate of drug-likeness (QED) is 0.699. The Morgan fingerprint density at radius 1 is 1.07 bits per heavy atom. The second-order valence-corrected chi connectivity index (χ2v) is 4.39. The molecule has 1 nitrogen and oxygen atoms in total. The summed E-state index contributed by atoms with van der Waals surface area (Å²) in [5.41, 5.74) is 2.87. The number of benzene rings is 1. The molecule has 1 aliphatic rings. The summed E-state index contributed by atoms with van der Waals surface area (Å²) < 4.78 is 0. The van der Waals surface area contributed by atoms with Crippen molar-refractivity contribution in [1.29, 1.82) is 0 Å². The first-order valence-corrected chi connectivity index (χ1v) is 5.76. The van der Waals surface area contributed by atoms with Gasteiger partial charge in [-0.25, -0.2) is 0 Å². The average Bonchev–Trinajstić information content (AvgIpc) is 2.47. The maximum atomic E-state index is 2.51. The fourth-order valence-corrected chi connectivity index (χ4v) is 2.24. The van der Waals surface area contributed by atoms with Crippen molar-refractivity contribution in [2.45, 2.75) is 38.6 Å². The fraction of sp³-hybridized carbons (Fsp3) is 0.538. The summed E-state index contributed by atoms with van der Waals surface area (Å²) in [7, 11) is 0. The Morgan fingerprint density at radius 2 is 1.86 bits per heavy atom. The van der Waals surface area contributed by atoms with Crippen molar-refractivity contribution >= 4 is 0 Å². The zero-order valence-electron chi connectivity index (χ0n) is 9.00. The molecule has 76 valence electrons. The molecule has 0 bridgehead atoms. The Labute approximate surface area is 86.5 Å². The van der Waals surface area contributed by atoms with Crippen LogP contribution < -0.4 is 5.32 Å². The summed E-state index contributed by atoms with van der Waals surface area (Å²) in [6.45, 7) is 3.46. The van der Waals surface area contributed by atoms with Crippen molar-refractivity contribution < 1.29 is 5.32 Å². The zero-order chi connectivity index (χ0) is 9.80. The van der Waals surface area contributed by atoms with Gasteiger partial charge in [0.05, 0.1) is 6.54 Å². The lowest BCUT2D eigenvalue weighted by molar-refractivity contribution is -0.694. The molecular formula is C13H20N+. The molecular weight excluding hydrogens is 170 g/mol. The molecule has 1 aliphatic heterocycles. The smallest absolute Gasteiger partial charge is 0.112 e. The van der Waals surface area contributed by atoms with Crippen LogP contribution in [0.5, 0.6) is 0 Å². The molecule has 1 heterocycles. The first-order chi connectivity index (χ1) is 6.86. The first kappa shape index (κ1) is 9.72. The van der Waals surface area contributed by atoms with E-state index in [0.717, 1.165) is 6.04 Å². The topological polar surface area (TPSA) is 16.6 Å². The highest BCUT2D eigenvalue weighted by Gasteiger charge is 2.16. The molecule has 1 aromatic rings. The SMILES string of the molecule is Cc1ccc([C@@H]2CCCCC[NH2+]2)cc1. The summed E-state index contributed by atoms with van der Waals surface area (Å²) in [4.78, 5) is 0. The Kier molecular flexibility index (Phi) is 3.20. The van der Waals surface area contributed by atoms with Crippen LogP contribution in [0.25, 0.3) is 0 Å². The molecule has 1 saturated heterocycles. The van der Waals surface area contributed by atoms with Gasteiger partial charge in [-0.2, -0.15) is 0 Å². The lowest BCUT2D eigenvalue weighted by Gasteiger charge is -2.12. The summed E-state index contributed by atoms with van der Waals surface area (Å²) >= 11 is 0. The van der Waals surface area contributed by atoms with Gasteiger partial charge in [0.25, 0.3) is 0 Å². The second-order valence-electron chi connectivity index (χ2n) is 4.39. The molecule has 0 saturated carbocycles. The summed E-state index contributed by atoms with van der Waals surface area (Å²) in [6.07, 6.45) is 5.55. The van der Waals surface area contributed by atoms with E-state index in [2.05, 4.69) is 36.5 Å². The first-order valence-electron chi connectivity index (χ1n) is 5.76. The van der Waals surface area contributed by atoms with E-state index in [-0.39, 0.29) is 0 Å². The fourth-order valence-electron chi connectivity index (χ4n) is 2.24. The van der Waals surface area contributed by atoms with E-state index in [1.165, 1.54) is 43.4 Å². The van der Waals surface area contributed by atoms with Gasteiger partial charge >= 0.3 is 0 Å². The van der Waals surface area contributed by atoms with E-state index in [1.54, 1.807) is 0 Å². The molecule has 0 spiro atoms. The van der Waals surface area contributed by atoms with E-state index in [0.29, 0.717) is 0 Å². The van der Waals surface area contributed by atoms with Crippen molar-refractivity contribution in [2.24, 2.45) is 0 Å². The summed E-state index contributed by atoms with van der Waals surface area (Å²) in [5.74, 6) is 0. The van der Waals surface area contributed by atoms with Crippen LogP contribution in [0, 0.1) is 6.92 Å². The second kappa shape index (κ2) is 4.61. The van der Waals surface area contributed by atoms with Crippen LogP contribution in [-0.2, 0) is 0 Å². The molecule has 0 unspecified atom stereocenters. The maximum absolute atomic E-state index is 2.51. The lowest BCUT2D eigenvalue weighted by atomic mass is 10.0. The molecule has 1 aromatic carbocycles. The van der Waals surface area contributed by atoms with Crippen LogP contribution in [0.15, 0.2) is 24.3 Å². The predicted octanol–water partition coefficient (Wildman–Crippen LogP) is 2.17.